The van der Waals surface area contributed by atoms with E-state index in [4.69, 9.17) is 10.5 Å². The van der Waals surface area contributed by atoms with Crippen molar-refractivity contribution in [3.63, 3.8) is 0 Å². The summed E-state index contributed by atoms with van der Waals surface area (Å²) in [4.78, 5) is 0. The number of fused-ring (bicyclic) bond motifs is 1. The molecule has 5 nitrogen and oxygen atoms in total. The van der Waals surface area contributed by atoms with Gasteiger partial charge >= 0.3 is 0 Å². The fourth-order valence-corrected chi connectivity index (χ4v) is 2.35. The first-order valence-electron chi connectivity index (χ1n) is 6.86. The number of aromatic nitrogens is 3. The Balaban J connectivity index is 1.93. The molecular weight excluding hydrogens is 264 g/mol. The summed E-state index contributed by atoms with van der Waals surface area (Å²) in [5.74, 6) is 1.61. The molecule has 108 valence electrons. The summed E-state index contributed by atoms with van der Waals surface area (Å²) in [7, 11) is 0. The summed E-state index contributed by atoms with van der Waals surface area (Å²) in [6.07, 6.45) is 0. The molecule has 0 atom stereocenters. The summed E-state index contributed by atoms with van der Waals surface area (Å²) < 4.78 is 7.83. The van der Waals surface area contributed by atoms with E-state index in [0.29, 0.717) is 17.9 Å². The fourth-order valence-electron chi connectivity index (χ4n) is 2.35. The third-order valence-corrected chi connectivity index (χ3v) is 3.76. The maximum Gasteiger partial charge on any atom is 0.184 e. The molecule has 0 radical (unpaired) electrons. The standard InChI is InChI=1S/C16H18N4O/c1-10-5-4-6-14(12(10)3)21-9-15-18-19-16-13(17)8-7-11(2)20(15)16/h4-8H,9,17H2,1-3H3. The monoisotopic (exact) mass is 282 g/mol. The Morgan fingerprint density at radius 2 is 1.90 bits per heavy atom. The molecule has 2 aromatic heterocycles. The van der Waals surface area contributed by atoms with E-state index < -0.39 is 0 Å². The van der Waals surface area contributed by atoms with Crippen LogP contribution in [0, 0.1) is 20.8 Å². The average Bonchev–Trinajstić information content (AvgIpc) is 2.90. The highest BCUT2D eigenvalue weighted by molar-refractivity contribution is 5.64. The smallest absolute Gasteiger partial charge is 0.184 e. The molecule has 1 aromatic carbocycles. The molecule has 0 bridgehead atoms. The molecule has 3 aromatic rings. The zero-order chi connectivity index (χ0) is 15.0. The average molecular weight is 282 g/mol. The molecule has 0 spiro atoms. The molecule has 5 heteroatoms. The van der Waals surface area contributed by atoms with E-state index in [-0.39, 0.29) is 0 Å². The van der Waals surface area contributed by atoms with Crippen molar-refractivity contribution in [2.75, 3.05) is 5.73 Å². The van der Waals surface area contributed by atoms with E-state index in [1.165, 1.54) is 5.56 Å². The van der Waals surface area contributed by atoms with Crippen molar-refractivity contribution in [1.29, 1.82) is 0 Å². The van der Waals surface area contributed by atoms with Crippen LogP contribution in [-0.4, -0.2) is 14.6 Å². The number of hydrogen-bond donors (Lipinski definition) is 1. The Morgan fingerprint density at radius 1 is 1.10 bits per heavy atom. The quantitative estimate of drug-likeness (QED) is 0.802. The van der Waals surface area contributed by atoms with Gasteiger partial charge in [-0.05, 0) is 50.1 Å². The molecule has 2 N–H and O–H groups in total. The predicted octanol–water partition coefficient (Wildman–Crippen LogP) is 2.82. The van der Waals surface area contributed by atoms with Crippen LogP contribution in [-0.2, 0) is 6.61 Å². The summed E-state index contributed by atoms with van der Waals surface area (Å²) in [6, 6.07) is 9.82. The van der Waals surface area contributed by atoms with Crippen LogP contribution in [0.3, 0.4) is 0 Å². The van der Waals surface area contributed by atoms with Crippen LogP contribution in [0.1, 0.15) is 22.6 Å². The zero-order valence-electron chi connectivity index (χ0n) is 12.4. The number of pyridine rings is 1. The van der Waals surface area contributed by atoms with Gasteiger partial charge in [0.25, 0.3) is 0 Å². The van der Waals surface area contributed by atoms with Crippen molar-refractivity contribution < 1.29 is 4.74 Å². The van der Waals surface area contributed by atoms with Gasteiger partial charge in [-0.1, -0.05) is 12.1 Å². The largest absolute Gasteiger partial charge is 0.485 e. The van der Waals surface area contributed by atoms with E-state index in [0.717, 1.165) is 22.8 Å². The van der Waals surface area contributed by atoms with Crippen molar-refractivity contribution >= 4 is 11.3 Å². The van der Waals surface area contributed by atoms with Gasteiger partial charge in [-0.15, -0.1) is 10.2 Å². The summed E-state index contributed by atoms with van der Waals surface area (Å²) in [6.45, 7) is 6.47. The van der Waals surface area contributed by atoms with Gasteiger partial charge in [0, 0.05) is 5.69 Å². The molecule has 0 aliphatic carbocycles. The highest BCUT2D eigenvalue weighted by atomic mass is 16.5. The number of nitrogens with zero attached hydrogens (tertiary/aromatic N) is 3. The lowest BCUT2D eigenvalue weighted by atomic mass is 10.1. The second kappa shape index (κ2) is 5.09. The highest BCUT2D eigenvalue weighted by Crippen LogP contribution is 2.22. The highest BCUT2D eigenvalue weighted by Gasteiger charge is 2.11. The molecule has 0 aliphatic heterocycles. The van der Waals surface area contributed by atoms with Gasteiger partial charge in [-0.2, -0.15) is 0 Å². The van der Waals surface area contributed by atoms with Gasteiger partial charge in [0.2, 0.25) is 0 Å². The van der Waals surface area contributed by atoms with Gasteiger partial charge in [0.15, 0.2) is 11.5 Å². The SMILES string of the molecule is Cc1cccc(OCc2nnc3c(N)ccc(C)n23)c1C. The first kappa shape index (κ1) is 13.4. The Morgan fingerprint density at radius 3 is 2.71 bits per heavy atom. The Labute approximate surface area is 123 Å². The minimum atomic E-state index is 0.357. The number of nitrogens with two attached hydrogens (primary N) is 1. The van der Waals surface area contributed by atoms with Crippen LogP contribution >= 0.6 is 0 Å². The minimum absolute atomic E-state index is 0.357. The van der Waals surface area contributed by atoms with Crippen LogP contribution in [0.25, 0.3) is 5.65 Å². The number of rotatable bonds is 3. The Kier molecular flexibility index (Phi) is 3.25. The summed E-state index contributed by atoms with van der Waals surface area (Å²) >= 11 is 0. The molecule has 0 saturated carbocycles. The molecule has 0 saturated heterocycles. The van der Waals surface area contributed by atoms with E-state index in [2.05, 4.69) is 30.1 Å². The lowest BCUT2D eigenvalue weighted by Crippen LogP contribution is -2.05. The van der Waals surface area contributed by atoms with Crippen LogP contribution in [0.2, 0.25) is 0 Å². The molecule has 2 heterocycles. The van der Waals surface area contributed by atoms with Crippen molar-refractivity contribution in [3.8, 4) is 5.75 Å². The van der Waals surface area contributed by atoms with Crippen LogP contribution in [0.4, 0.5) is 5.69 Å². The van der Waals surface area contributed by atoms with Crippen LogP contribution in [0.15, 0.2) is 30.3 Å². The third kappa shape index (κ3) is 2.31. The lowest BCUT2D eigenvalue weighted by molar-refractivity contribution is 0.292. The van der Waals surface area contributed by atoms with Gasteiger partial charge in [-0.25, -0.2) is 0 Å². The van der Waals surface area contributed by atoms with Crippen molar-refractivity contribution in [2.45, 2.75) is 27.4 Å². The topological polar surface area (TPSA) is 65.4 Å². The zero-order valence-corrected chi connectivity index (χ0v) is 12.4. The summed E-state index contributed by atoms with van der Waals surface area (Å²) in [5, 5.41) is 8.33. The maximum absolute atomic E-state index is 5.93. The lowest BCUT2D eigenvalue weighted by Gasteiger charge is -2.10. The molecule has 0 fully saturated rings. The Hall–Kier alpha value is -2.56. The predicted molar refractivity (Wildman–Crippen MR) is 82.4 cm³/mol. The van der Waals surface area contributed by atoms with Crippen LogP contribution in [0.5, 0.6) is 5.75 Å². The minimum Gasteiger partial charge on any atom is -0.485 e. The second-order valence-electron chi connectivity index (χ2n) is 5.19. The maximum atomic E-state index is 5.93. The normalized spacial score (nSPS) is 11.0. The van der Waals surface area contributed by atoms with Crippen LogP contribution < -0.4 is 10.5 Å². The molecule has 0 unspecified atom stereocenters. The fraction of sp³-hybridized carbons (Fsp3) is 0.250. The van der Waals surface area contributed by atoms with Gasteiger partial charge in [0.05, 0.1) is 5.69 Å². The molecule has 0 amide bonds. The van der Waals surface area contributed by atoms with Crippen molar-refractivity contribution in [2.24, 2.45) is 0 Å². The number of hydrogen-bond acceptors (Lipinski definition) is 4. The van der Waals surface area contributed by atoms with Gasteiger partial charge in [0.1, 0.15) is 12.4 Å². The molecule has 3 rings (SSSR count). The molecule has 21 heavy (non-hydrogen) atoms. The second-order valence-corrected chi connectivity index (χ2v) is 5.19. The van der Waals surface area contributed by atoms with E-state index in [1.807, 2.05) is 35.6 Å². The molecular formula is C16H18N4O. The van der Waals surface area contributed by atoms with Gasteiger partial charge in [-0.3, -0.25) is 4.40 Å². The number of benzene rings is 1. The van der Waals surface area contributed by atoms with Crippen molar-refractivity contribution in [1.82, 2.24) is 14.6 Å². The Bertz CT molecular complexity index is 807. The van der Waals surface area contributed by atoms with E-state index >= 15 is 0 Å². The van der Waals surface area contributed by atoms with E-state index in [1.54, 1.807) is 0 Å². The van der Waals surface area contributed by atoms with Crippen molar-refractivity contribution in [3.05, 3.63) is 53.0 Å². The first-order chi connectivity index (χ1) is 10.1. The first-order valence-corrected chi connectivity index (χ1v) is 6.86. The van der Waals surface area contributed by atoms with E-state index in [9.17, 15) is 0 Å². The van der Waals surface area contributed by atoms with Gasteiger partial charge < -0.3 is 10.5 Å². The third-order valence-electron chi connectivity index (χ3n) is 3.76. The number of nitrogen functional groups attached to an aromatic ring is 1. The number of anilines is 1. The number of aryl methyl sites for hydroxylation is 2. The number of ether oxygens (including phenoxy) is 1. The molecule has 0 aliphatic rings. The summed E-state index contributed by atoms with van der Waals surface area (Å²) in [5.41, 5.74) is 10.6.